The third kappa shape index (κ3) is 53.2. The van der Waals surface area contributed by atoms with Gasteiger partial charge in [-0.2, -0.15) is 0 Å². The second-order valence-corrected chi connectivity index (χ2v) is 17.7. The van der Waals surface area contributed by atoms with Crippen molar-refractivity contribution in [3.63, 3.8) is 0 Å². The number of esters is 2. The highest BCUT2D eigenvalue weighted by Crippen LogP contribution is 2.14. The molecule has 1 atom stereocenters. The van der Waals surface area contributed by atoms with Crippen LogP contribution in [0.25, 0.3) is 0 Å². The summed E-state index contributed by atoms with van der Waals surface area (Å²) in [7, 11) is 0. The number of carbonyl (C=O) groups excluding carboxylic acids is 2. The van der Waals surface area contributed by atoms with Crippen LogP contribution in [-0.2, 0) is 23.8 Å². The molecule has 66 heavy (non-hydrogen) atoms. The first-order valence-corrected chi connectivity index (χ1v) is 27.4. The van der Waals surface area contributed by atoms with E-state index in [9.17, 15) is 9.59 Å². The number of carbonyl (C=O) groups is 2. The molecule has 0 amide bonds. The molecule has 5 heteroatoms. The van der Waals surface area contributed by atoms with Gasteiger partial charge in [0.05, 0.1) is 6.61 Å². The fourth-order valence-electron chi connectivity index (χ4n) is 7.25. The molecule has 0 aromatic rings. The van der Waals surface area contributed by atoms with Gasteiger partial charge in [0, 0.05) is 19.4 Å². The average molecular weight is 915 g/mol. The average Bonchev–Trinajstić information content (AvgIpc) is 3.32. The monoisotopic (exact) mass is 915 g/mol. The first kappa shape index (κ1) is 62.6. The van der Waals surface area contributed by atoms with Crippen molar-refractivity contribution >= 4 is 11.9 Å². The van der Waals surface area contributed by atoms with E-state index in [1.165, 1.54) is 83.5 Å². The summed E-state index contributed by atoms with van der Waals surface area (Å²) >= 11 is 0. The van der Waals surface area contributed by atoms with Crippen molar-refractivity contribution in [2.75, 3.05) is 19.8 Å². The lowest BCUT2D eigenvalue weighted by Crippen LogP contribution is -2.30. The number of rotatable bonds is 49. The van der Waals surface area contributed by atoms with E-state index in [1.807, 2.05) is 0 Å². The zero-order chi connectivity index (χ0) is 47.7. The van der Waals surface area contributed by atoms with Gasteiger partial charge >= 0.3 is 11.9 Å². The lowest BCUT2D eigenvalue weighted by Gasteiger charge is -2.18. The SMILES string of the molecule is CC/C=C\C/C=C\C/C=C\C/C=C\CCCCCCC(=O)OC(COCCCCCC/C=C\C/C=C\C/C=C\CC)COC(=O)CCCCCCCCCCC/C=C\C/C=C\CCCCC. The van der Waals surface area contributed by atoms with Crippen LogP contribution < -0.4 is 0 Å². The summed E-state index contributed by atoms with van der Waals surface area (Å²) in [6.45, 7) is 7.50. The van der Waals surface area contributed by atoms with Crippen molar-refractivity contribution in [3.05, 3.63) is 109 Å². The Morgan fingerprint density at radius 1 is 0.348 bits per heavy atom. The van der Waals surface area contributed by atoms with Gasteiger partial charge in [-0.1, -0.05) is 214 Å². The van der Waals surface area contributed by atoms with E-state index in [0.29, 0.717) is 19.4 Å². The molecule has 0 heterocycles. The normalized spacial score (nSPS) is 13.1. The molecule has 0 spiro atoms. The largest absolute Gasteiger partial charge is 0.462 e. The number of ether oxygens (including phenoxy) is 3. The number of hydrogen-bond donors (Lipinski definition) is 0. The molecule has 0 N–H and O–H groups in total. The van der Waals surface area contributed by atoms with Crippen LogP contribution in [0.1, 0.15) is 239 Å². The topological polar surface area (TPSA) is 61.8 Å². The Labute approximate surface area is 408 Å². The summed E-state index contributed by atoms with van der Waals surface area (Å²) < 4.78 is 17.4. The molecule has 376 valence electrons. The zero-order valence-corrected chi connectivity index (χ0v) is 43.2. The van der Waals surface area contributed by atoms with Crippen molar-refractivity contribution in [2.45, 2.75) is 245 Å². The molecule has 5 nitrogen and oxygen atoms in total. The smallest absolute Gasteiger partial charge is 0.306 e. The predicted octanol–water partition coefficient (Wildman–Crippen LogP) is 18.8. The Kier molecular flexibility index (Phi) is 53.0. The first-order chi connectivity index (χ1) is 32.6. The molecule has 0 radical (unpaired) electrons. The van der Waals surface area contributed by atoms with Crippen molar-refractivity contribution < 1.29 is 23.8 Å². The van der Waals surface area contributed by atoms with Crippen LogP contribution in [0, 0.1) is 0 Å². The van der Waals surface area contributed by atoms with Crippen LogP contribution in [0.2, 0.25) is 0 Å². The van der Waals surface area contributed by atoms with Crippen LogP contribution in [0.3, 0.4) is 0 Å². The molecule has 1 unspecified atom stereocenters. The van der Waals surface area contributed by atoms with Gasteiger partial charge in [0.25, 0.3) is 0 Å². The molecule has 0 fully saturated rings. The lowest BCUT2D eigenvalue weighted by atomic mass is 10.1. The summed E-state index contributed by atoms with van der Waals surface area (Å²) in [6.07, 6.45) is 76.7. The van der Waals surface area contributed by atoms with Gasteiger partial charge in [0.2, 0.25) is 0 Å². The molecular formula is C61H102O5. The van der Waals surface area contributed by atoms with Crippen molar-refractivity contribution in [1.29, 1.82) is 0 Å². The highest BCUT2D eigenvalue weighted by Gasteiger charge is 2.17. The van der Waals surface area contributed by atoms with Gasteiger partial charge in [0.1, 0.15) is 6.61 Å². The second-order valence-electron chi connectivity index (χ2n) is 17.7. The summed E-state index contributed by atoms with van der Waals surface area (Å²) in [6, 6.07) is 0. The second kappa shape index (κ2) is 55.9. The summed E-state index contributed by atoms with van der Waals surface area (Å²) in [5, 5.41) is 0. The molecule has 0 aliphatic heterocycles. The van der Waals surface area contributed by atoms with Crippen LogP contribution in [0.15, 0.2) is 109 Å². The van der Waals surface area contributed by atoms with Crippen molar-refractivity contribution in [3.8, 4) is 0 Å². The van der Waals surface area contributed by atoms with Crippen LogP contribution in [0.5, 0.6) is 0 Å². The van der Waals surface area contributed by atoms with E-state index < -0.39 is 6.10 Å². The van der Waals surface area contributed by atoms with E-state index >= 15 is 0 Å². The maximum Gasteiger partial charge on any atom is 0.306 e. The molecule has 0 saturated heterocycles. The third-order valence-electron chi connectivity index (χ3n) is 11.3. The van der Waals surface area contributed by atoms with E-state index in [0.717, 1.165) is 122 Å². The number of unbranched alkanes of at least 4 members (excludes halogenated alkanes) is 20. The van der Waals surface area contributed by atoms with Gasteiger partial charge in [-0.05, 0) is 122 Å². The van der Waals surface area contributed by atoms with Crippen LogP contribution in [0.4, 0.5) is 0 Å². The lowest BCUT2D eigenvalue weighted by molar-refractivity contribution is -0.163. The standard InChI is InChI=1S/C61H102O5/c1-4-7-10-13-16-19-22-25-28-30-31-33-34-36-39-42-45-48-51-54-60(62)65-58-59(57-64-56-53-50-47-44-41-38-27-24-21-18-15-12-9-6-3)66-61(63)55-52-49-46-43-40-37-35-32-29-26-23-20-17-14-11-8-5-2/h8-9,11-12,16-21,25-29,35,37-38,59H,4-7,10,13-15,22-24,30-34,36,39-58H2,1-3H3/b11-8-,12-9-,19-16-,20-17-,21-18-,28-25-,29-26-,37-35-,38-27-. The third-order valence-corrected chi connectivity index (χ3v) is 11.3. The minimum absolute atomic E-state index is 0.0579. The van der Waals surface area contributed by atoms with E-state index in [1.54, 1.807) is 0 Å². The highest BCUT2D eigenvalue weighted by atomic mass is 16.6. The van der Waals surface area contributed by atoms with Crippen molar-refractivity contribution in [2.24, 2.45) is 0 Å². The summed E-state index contributed by atoms with van der Waals surface area (Å²) in [5.74, 6) is -0.445. The molecular weight excluding hydrogens is 813 g/mol. The Bertz CT molecular complexity index is 1310. The fraction of sp³-hybridized carbons (Fsp3) is 0.672. The minimum atomic E-state index is -0.570. The van der Waals surface area contributed by atoms with Gasteiger partial charge in [0.15, 0.2) is 6.10 Å². The zero-order valence-electron chi connectivity index (χ0n) is 43.2. The van der Waals surface area contributed by atoms with Gasteiger partial charge < -0.3 is 14.2 Å². The molecule has 0 rings (SSSR count). The molecule has 0 aliphatic carbocycles. The Morgan fingerprint density at radius 2 is 0.682 bits per heavy atom. The van der Waals surface area contributed by atoms with Gasteiger partial charge in [-0.3, -0.25) is 9.59 Å². The van der Waals surface area contributed by atoms with Gasteiger partial charge in [-0.25, -0.2) is 0 Å². The molecule has 0 bridgehead atoms. The molecule has 0 aromatic carbocycles. The Balaban J connectivity index is 4.35. The maximum absolute atomic E-state index is 12.8. The van der Waals surface area contributed by atoms with Crippen LogP contribution in [-0.4, -0.2) is 37.9 Å². The summed E-state index contributed by atoms with van der Waals surface area (Å²) in [4.78, 5) is 25.5. The Morgan fingerprint density at radius 3 is 1.09 bits per heavy atom. The first-order valence-electron chi connectivity index (χ1n) is 27.4. The molecule has 0 aromatic heterocycles. The predicted molar refractivity (Wildman–Crippen MR) is 288 cm³/mol. The number of allylic oxidation sites excluding steroid dienone is 18. The number of hydrogen-bond acceptors (Lipinski definition) is 5. The van der Waals surface area contributed by atoms with E-state index in [-0.39, 0.29) is 25.2 Å². The highest BCUT2D eigenvalue weighted by molar-refractivity contribution is 5.70. The minimum Gasteiger partial charge on any atom is -0.462 e. The maximum atomic E-state index is 12.8. The quantitative estimate of drug-likeness (QED) is 0.0346. The van der Waals surface area contributed by atoms with Crippen molar-refractivity contribution in [1.82, 2.24) is 0 Å². The van der Waals surface area contributed by atoms with Crippen LogP contribution >= 0.6 is 0 Å². The van der Waals surface area contributed by atoms with E-state index in [2.05, 4.69) is 130 Å². The van der Waals surface area contributed by atoms with Gasteiger partial charge in [-0.15, -0.1) is 0 Å². The molecule has 0 saturated carbocycles. The fourth-order valence-corrected chi connectivity index (χ4v) is 7.25. The summed E-state index contributed by atoms with van der Waals surface area (Å²) in [5.41, 5.74) is 0. The molecule has 0 aliphatic rings. The van der Waals surface area contributed by atoms with E-state index in [4.69, 9.17) is 14.2 Å². The Hall–Kier alpha value is -3.44.